The van der Waals surface area contributed by atoms with Gasteiger partial charge in [-0.25, -0.2) is 0 Å². The van der Waals surface area contributed by atoms with E-state index >= 15 is 0 Å². The molecule has 1 atom stereocenters. The van der Waals surface area contributed by atoms with Gasteiger partial charge in [0.2, 0.25) is 11.8 Å². The number of nitrogens with zero attached hydrogens (tertiary/aromatic N) is 1. The number of likely N-dealkylation sites (tertiary alicyclic amines) is 1. The Balaban J connectivity index is 1.65. The van der Waals surface area contributed by atoms with Crippen LogP contribution in [0.4, 0.5) is 13.2 Å². The Kier molecular flexibility index (Phi) is 5.35. The first-order chi connectivity index (χ1) is 12.7. The summed E-state index contributed by atoms with van der Waals surface area (Å²) in [4.78, 5) is 26.7. The first-order valence-corrected chi connectivity index (χ1v) is 9.06. The molecule has 8 heteroatoms. The van der Waals surface area contributed by atoms with E-state index in [1.807, 2.05) is 0 Å². The van der Waals surface area contributed by atoms with Crippen molar-refractivity contribution in [1.29, 1.82) is 0 Å². The van der Waals surface area contributed by atoms with E-state index in [9.17, 15) is 22.8 Å². The zero-order valence-electron chi connectivity index (χ0n) is 15.1. The summed E-state index contributed by atoms with van der Waals surface area (Å²) in [6, 6.07) is 5.31. The smallest absolute Gasteiger partial charge is 0.406 e. The Morgan fingerprint density at radius 1 is 1.22 bits per heavy atom. The van der Waals surface area contributed by atoms with Crippen LogP contribution in [0.2, 0.25) is 0 Å². The van der Waals surface area contributed by atoms with Crippen LogP contribution in [0.5, 0.6) is 5.75 Å². The van der Waals surface area contributed by atoms with Gasteiger partial charge in [-0.05, 0) is 30.5 Å². The summed E-state index contributed by atoms with van der Waals surface area (Å²) in [5.41, 5.74) is 0.471. The summed E-state index contributed by atoms with van der Waals surface area (Å²) in [6.07, 6.45) is -0.636. The first kappa shape index (κ1) is 19.5. The fourth-order valence-electron chi connectivity index (χ4n) is 4.38. The Morgan fingerprint density at radius 2 is 1.85 bits per heavy atom. The van der Waals surface area contributed by atoms with Gasteiger partial charge in [0.1, 0.15) is 5.75 Å². The van der Waals surface area contributed by atoms with Crippen molar-refractivity contribution >= 4 is 11.8 Å². The summed E-state index contributed by atoms with van der Waals surface area (Å²) in [5, 5.41) is 2.71. The predicted molar refractivity (Wildman–Crippen MR) is 91.9 cm³/mol. The van der Waals surface area contributed by atoms with Crippen LogP contribution in [0.3, 0.4) is 0 Å². The number of hydrogen-bond donors (Lipinski definition) is 1. The molecule has 1 aliphatic heterocycles. The van der Waals surface area contributed by atoms with Crippen LogP contribution in [-0.4, -0.2) is 43.2 Å². The zero-order chi connectivity index (χ0) is 19.7. The Hall–Kier alpha value is -2.25. The average molecular weight is 384 g/mol. The van der Waals surface area contributed by atoms with Gasteiger partial charge in [0.05, 0.1) is 12.3 Å². The highest BCUT2D eigenvalue weighted by Crippen LogP contribution is 2.49. The minimum absolute atomic E-state index is 0.0270. The Bertz CT molecular complexity index is 697. The van der Waals surface area contributed by atoms with Crippen LogP contribution in [0.1, 0.15) is 31.2 Å². The molecule has 1 heterocycles. The number of rotatable bonds is 4. The minimum Gasteiger partial charge on any atom is -0.406 e. The van der Waals surface area contributed by atoms with Crippen LogP contribution >= 0.6 is 0 Å². The molecule has 2 aliphatic rings. The molecule has 1 saturated carbocycles. The topological polar surface area (TPSA) is 58.6 Å². The van der Waals surface area contributed by atoms with Crippen molar-refractivity contribution in [3.8, 4) is 5.75 Å². The van der Waals surface area contributed by atoms with E-state index in [0.717, 1.165) is 25.7 Å². The van der Waals surface area contributed by atoms with Crippen molar-refractivity contribution in [3.63, 3.8) is 0 Å². The van der Waals surface area contributed by atoms with Crippen LogP contribution in [0.25, 0.3) is 0 Å². The molecule has 2 fully saturated rings. The lowest BCUT2D eigenvalue weighted by atomic mass is 9.76. The quantitative estimate of drug-likeness (QED) is 0.869. The largest absolute Gasteiger partial charge is 0.573 e. The van der Waals surface area contributed by atoms with E-state index in [2.05, 4.69) is 10.1 Å². The molecule has 1 aromatic rings. The third kappa shape index (κ3) is 4.36. The molecule has 0 aromatic heterocycles. The fraction of sp³-hybridized carbons (Fsp3) is 0.579. The van der Waals surface area contributed by atoms with E-state index in [1.54, 1.807) is 11.9 Å². The van der Waals surface area contributed by atoms with Gasteiger partial charge in [-0.3, -0.25) is 9.59 Å². The van der Waals surface area contributed by atoms with E-state index in [0.29, 0.717) is 18.7 Å². The van der Waals surface area contributed by atoms with Gasteiger partial charge in [0.25, 0.3) is 0 Å². The first-order valence-electron chi connectivity index (χ1n) is 9.06. The number of halogens is 3. The standard InChI is InChI=1S/C19H23F3N2O3/c1-23-17(26)15-11-24(12-18(15)8-2-3-9-18)16(25)10-13-4-6-14(7-5-13)27-19(20,21)22/h4-7,15H,2-3,8-12H2,1H3,(H,23,26). The van der Waals surface area contributed by atoms with Gasteiger partial charge in [-0.2, -0.15) is 0 Å². The maximum absolute atomic E-state index is 12.7. The van der Waals surface area contributed by atoms with E-state index in [1.165, 1.54) is 24.3 Å². The number of ether oxygens (including phenoxy) is 1. The molecule has 27 heavy (non-hydrogen) atoms. The number of alkyl halides is 3. The molecule has 0 radical (unpaired) electrons. The SMILES string of the molecule is CNC(=O)C1CN(C(=O)Cc2ccc(OC(F)(F)F)cc2)CC12CCCC2. The van der Waals surface area contributed by atoms with Crippen LogP contribution in [-0.2, 0) is 16.0 Å². The molecule has 1 aromatic carbocycles. The number of carbonyl (C=O) groups is 2. The summed E-state index contributed by atoms with van der Waals surface area (Å²) >= 11 is 0. The maximum atomic E-state index is 12.7. The molecule has 1 N–H and O–H groups in total. The molecular formula is C19H23F3N2O3. The lowest BCUT2D eigenvalue weighted by Gasteiger charge is -2.28. The van der Waals surface area contributed by atoms with E-state index in [-0.39, 0.29) is 35.3 Å². The van der Waals surface area contributed by atoms with E-state index in [4.69, 9.17) is 0 Å². The zero-order valence-corrected chi connectivity index (χ0v) is 15.1. The van der Waals surface area contributed by atoms with Crippen molar-refractivity contribution in [3.05, 3.63) is 29.8 Å². The molecule has 1 aliphatic carbocycles. The lowest BCUT2D eigenvalue weighted by Crippen LogP contribution is -2.38. The third-order valence-corrected chi connectivity index (χ3v) is 5.68. The number of carbonyl (C=O) groups excluding carboxylic acids is 2. The van der Waals surface area contributed by atoms with Crippen molar-refractivity contribution in [2.45, 2.75) is 38.5 Å². The number of benzene rings is 1. The molecule has 5 nitrogen and oxygen atoms in total. The highest BCUT2D eigenvalue weighted by Gasteiger charge is 2.51. The average Bonchev–Trinajstić information content (AvgIpc) is 3.23. The second-order valence-corrected chi connectivity index (χ2v) is 7.38. The normalized spacial score (nSPS) is 21.5. The van der Waals surface area contributed by atoms with Crippen molar-refractivity contribution in [2.24, 2.45) is 11.3 Å². The van der Waals surface area contributed by atoms with Crippen LogP contribution in [0.15, 0.2) is 24.3 Å². The van der Waals surface area contributed by atoms with Crippen molar-refractivity contribution in [2.75, 3.05) is 20.1 Å². The lowest BCUT2D eigenvalue weighted by molar-refractivity contribution is -0.274. The summed E-state index contributed by atoms with van der Waals surface area (Å²) in [7, 11) is 1.61. The Labute approximate surface area is 155 Å². The summed E-state index contributed by atoms with van der Waals surface area (Å²) < 4.78 is 40.5. The highest BCUT2D eigenvalue weighted by molar-refractivity contribution is 5.84. The van der Waals surface area contributed by atoms with Gasteiger partial charge in [0.15, 0.2) is 0 Å². The Morgan fingerprint density at radius 3 is 2.41 bits per heavy atom. The van der Waals surface area contributed by atoms with Gasteiger partial charge in [-0.1, -0.05) is 25.0 Å². The van der Waals surface area contributed by atoms with Crippen molar-refractivity contribution in [1.82, 2.24) is 10.2 Å². The van der Waals surface area contributed by atoms with Gasteiger partial charge in [-0.15, -0.1) is 13.2 Å². The van der Waals surface area contributed by atoms with Gasteiger partial charge >= 0.3 is 6.36 Å². The summed E-state index contributed by atoms with van der Waals surface area (Å²) in [5.74, 6) is -0.654. The molecule has 3 rings (SSSR count). The predicted octanol–water partition coefficient (Wildman–Crippen LogP) is 2.89. The molecule has 2 amide bonds. The van der Waals surface area contributed by atoms with Crippen LogP contribution in [0, 0.1) is 11.3 Å². The second-order valence-electron chi connectivity index (χ2n) is 7.38. The molecule has 148 valence electrons. The number of amides is 2. The molecule has 1 saturated heterocycles. The van der Waals surface area contributed by atoms with Gasteiger partial charge < -0.3 is 15.0 Å². The highest BCUT2D eigenvalue weighted by atomic mass is 19.4. The fourth-order valence-corrected chi connectivity index (χ4v) is 4.38. The van der Waals surface area contributed by atoms with Gasteiger partial charge in [0, 0.05) is 25.6 Å². The summed E-state index contributed by atoms with van der Waals surface area (Å²) in [6.45, 7) is 0.965. The molecule has 0 bridgehead atoms. The molecule has 1 spiro atoms. The third-order valence-electron chi connectivity index (χ3n) is 5.68. The van der Waals surface area contributed by atoms with Crippen molar-refractivity contribution < 1.29 is 27.5 Å². The molecule has 1 unspecified atom stereocenters. The molecular weight excluding hydrogens is 361 g/mol. The monoisotopic (exact) mass is 384 g/mol. The second kappa shape index (κ2) is 7.40. The van der Waals surface area contributed by atoms with E-state index < -0.39 is 6.36 Å². The number of nitrogens with one attached hydrogen (secondary N) is 1. The minimum atomic E-state index is -4.74. The van der Waals surface area contributed by atoms with Crippen LogP contribution < -0.4 is 10.1 Å². The number of hydrogen-bond acceptors (Lipinski definition) is 3. The maximum Gasteiger partial charge on any atom is 0.573 e.